The van der Waals surface area contributed by atoms with E-state index in [1.54, 1.807) is 24.3 Å². The van der Waals surface area contributed by atoms with Crippen LogP contribution in [0.2, 0.25) is 0 Å². The Balaban J connectivity index is 2.30. The van der Waals surface area contributed by atoms with Crippen LogP contribution in [-0.4, -0.2) is 0 Å². The lowest BCUT2D eigenvalue weighted by molar-refractivity contribution is 0.567. The molecule has 0 atom stereocenters. The van der Waals surface area contributed by atoms with Gasteiger partial charge in [-0.05, 0) is 11.1 Å². The zero-order valence-electron chi connectivity index (χ0n) is 7.65. The maximum absolute atomic E-state index is 13.8. The number of benzene rings is 2. The Labute approximate surface area is 83.0 Å². The van der Waals surface area contributed by atoms with Gasteiger partial charge in [-0.15, -0.1) is 0 Å². The Morgan fingerprint density at radius 1 is 0.643 bits per heavy atom. The van der Waals surface area contributed by atoms with Gasteiger partial charge in [0.05, 0.1) is 0 Å². The van der Waals surface area contributed by atoms with E-state index >= 15 is 0 Å². The van der Waals surface area contributed by atoms with Crippen LogP contribution in [0.3, 0.4) is 0 Å². The van der Waals surface area contributed by atoms with Crippen molar-refractivity contribution < 1.29 is 4.39 Å². The van der Waals surface area contributed by atoms with Crippen LogP contribution in [0.25, 0.3) is 0 Å². The SMILES string of the molecule is F[C](c1ccccc1)c1ccccc1. The summed E-state index contributed by atoms with van der Waals surface area (Å²) < 4.78 is 13.8. The molecule has 0 fully saturated rings. The van der Waals surface area contributed by atoms with Crippen LogP contribution in [0.4, 0.5) is 4.39 Å². The first-order chi connectivity index (χ1) is 6.88. The maximum Gasteiger partial charge on any atom is 0.203 e. The van der Waals surface area contributed by atoms with E-state index in [1.807, 2.05) is 36.4 Å². The van der Waals surface area contributed by atoms with E-state index < -0.39 is 0 Å². The molecule has 0 heterocycles. The highest BCUT2D eigenvalue weighted by Gasteiger charge is 2.12. The Morgan fingerprint density at radius 3 is 1.36 bits per heavy atom. The fraction of sp³-hybridized carbons (Fsp3) is 0. The number of halogens is 1. The number of hydrogen-bond donors (Lipinski definition) is 0. The molecule has 1 heteroatoms. The average Bonchev–Trinajstić information content (AvgIpc) is 2.30. The van der Waals surface area contributed by atoms with Crippen LogP contribution in [0, 0.1) is 6.17 Å². The second-order valence-corrected chi connectivity index (χ2v) is 3.05. The summed E-state index contributed by atoms with van der Waals surface area (Å²) in [4.78, 5) is 0. The van der Waals surface area contributed by atoms with Crippen LogP contribution in [0.15, 0.2) is 60.7 Å². The molecule has 2 aromatic rings. The largest absolute Gasteiger partial charge is 0.229 e. The smallest absolute Gasteiger partial charge is 0.203 e. The van der Waals surface area contributed by atoms with Crippen molar-refractivity contribution in [3.63, 3.8) is 0 Å². The second-order valence-electron chi connectivity index (χ2n) is 3.05. The minimum absolute atomic E-state index is 0.175. The van der Waals surface area contributed by atoms with Crippen LogP contribution in [0.5, 0.6) is 0 Å². The van der Waals surface area contributed by atoms with Crippen molar-refractivity contribution in [1.29, 1.82) is 0 Å². The molecule has 0 aliphatic carbocycles. The molecule has 0 aromatic heterocycles. The van der Waals surface area contributed by atoms with Gasteiger partial charge in [0.15, 0.2) is 0 Å². The molecule has 0 saturated heterocycles. The predicted octanol–water partition coefficient (Wildman–Crippen LogP) is 3.58. The zero-order valence-corrected chi connectivity index (χ0v) is 7.65. The molecular formula is C13H10F. The molecule has 2 rings (SSSR count). The van der Waals surface area contributed by atoms with Gasteiger partial charge in [0.2, 0.25) is 6.17 Å². The topological polar surface area (TPSA) is 0 Å². The van der Waals surface area contributed by atoms with Crippen molar-refractivity contribution in [1.82, 2.24) is 0 Å². The third-order valence-corrected chi connectivity index (χ3v) is 2.05. The summed E-state index contributed by atoms with van der Waals surface area (Å²) >= 11 is 0. The van der Waals surface area contributed by atoms with E-state index in [0.29, 0.717) is 11.1 Å². The van der Waals surface area contributed by atoms with Crippen molar-refractivity contribution >= 4 is 0 Å². The molecule has 69 valence electrons. The Morgan fingerprint density at radius 2 is 1.00 bits per heavy atom. The van der Waals surface area contributed by atoms with E-state index in [1.165, 1.54) is 0 Å². The molecule has 1 radical (unpaired) electrons. The minimum Gasteiger partial charge on any atom is -0.229 e. The summed E-state index contributed by atoms with van der Waals surface area (Å²) in [6, 6.07) is 18.1. The normalized spacial score (nSPS) is 10.4. The molecule has 14 heavy (non-hydrogen) atoms. The summed E-state index contributed by atoms with van der Waals surface area (Å²) in [6.45, 7) is 0. The molecule has 0 aliphatic rings. The third-order valence-electron chi connectivity index (χ3n) is 2.05. The van der Waals surface area contributed by atoms with Crippen LogP contribution in [0.1, 0.15) is 11.1 Å². The van der Waals surface area contributed by atoms with Crippen molar-refractivity contribution in [3.8, 4) is 0 Å². The van der Waals surface area contributed by atoms with E-state index in [0.717, 1.165) is 0 Å². The van der Waals surface area contributed by atoms with E-state index in [4.69, 9.17) is 0 Å². The minimum atomic E-state index is -0.175. The summed E-state index contributed by atoms with van der Waals surface area (Å²) in [6.07, 6.45) is -0.175. The Hall–Kier alpha value is -1.63. The maximum atomic E-state index is 13.8. The van der Waals surface area contributed by atoms with E-state index in [9.17, 15) is 4.39 Å². The van der Waals surface area contributed by atoms with Gasteiger partial charge in [-0.2, -0.15) is 0 Å². The lowest BCUT2D eigenvalue weighted by Crippen LogP contribution is -1.93. The molecule has 0 bridgehead atoms. The molecule has 0 aliphatic heterocycles. The highest BCUT2D eigenvalue weighted by Crippen LogP contribution is 2.23. The van der Waals surface area contributed by atoms with Crippen molar-refractivity contribution in [3.05, 3.63) is 78.0 Å². The molecule has 0 spiro atoms. The first-order valence-electron chi connectivity index (χ1n) is 4.51. The second kappa shape index (κ2) is 4.05. The van der Waals surface area contributed by atoms with Gasteiger partial charge in [0.1, 0.15) is 0 Å². The standard InChI is InChI=1S/C13H10F/c14-13(11-7-3-1-4-8-11)12-9-5-2-6-10-12/h1-10H. The van der Waals surface area contributed by atoms with Crippen LogP contribution >= 0.6 is 0 Å². The molecule has 0 N–H and O–H groups in total. The molecule has 2 aromatic carbocycles. The molecule has 0 amide bonds. The first kappa shape index (κ1) is 8.95. The van der Waals surface area contributed by atoms with Crippen LogP contribution < -0.4 is 0 Å². The fourth-order valence-corrected chi connectivity index (χ4v) is 1.34. The zero-order chi connectivity index (χ0) is 9.80. The number of hydrogen-bond acceptors (Lipinski definition) is 0. The predicted molar refractivity (Wildman–Crippen MR) is 55.4 cm³/mol. The van der Waals surface area contributed by atoms with Crippen LogP contribution in [-0.2, 0) is 0 Å². The Kier molecular flexibility index (Phi) is 2.59. The fourth-order valence-electron chi connectivity index (χ4n) is 1.34. The summed E-state index contributed by atoms with van der Waals surface area (Å²) in [7, 11) is 0. The van der Waals surface area contributed by atoms with Gasteiger partial charge in [0, 0.05) is 0 Å². The van der Waals surface area contributed by atoms with Crippen molar-refractivity contribution in [2.45, 2.75) is 0 Å². The van der Waals surface area contributed by atoms with E-state index in [-0.39, 0.29) is 6.17 Å². The number of rotatable bonds is 2. The highest BCUT2D eigenvalue weighted by atomic mass is 19.1. The lowest BCUT2D eigenvalue weighted by atomic mass is 10.0. The van der Waals surface area contributed by atoms with Gasteiger partial charge in [-0.3, -0.25) is 0 Å². The Bertz CT molecular complexity index is 341. The van der Waals surface area contributed by atoms with Gasteiger partial charge in [-0.25, -0.2) is 4.39 Å². The molecule has 0 unspecified atom stereocenters. The van der Waals surface area contributed by atoms with E-state index in [2.05, 4.69) is 0 Å². The van der Waals surface area contributed by atoms with Gasteiger partial charge < -0.3 is 0 Å². The highest BCUT2D eigenvalue weighted by molar-refractivity contribution is 5.41. The lowest BCUT2D eigenvalue weighted by Gasteiger charge is -2.06. The van der Waals surface area contributed by atoms with Gasteiger partial charge >= 0.3 is 0 Å². The van der Waals surface area contributed by atoms with Crippen molar-refractivity contribution in [2.24, 2.45) is 0 Å². The summed E-state index contributed by atoms with van der Waals surface area (Å²) in [5, 5.41) is 0. The monoisotopic (exact) mass is 185 g/mol. The summed E-state index contributed by atoms with van der Waals surface area (Å²) in [5.74, 6) is 0. The van der Waals surface area contributed by atoms with Gasteiger partial charge in [-0.1, -0.05) is 60.7 Å². The quantitative estimate of drug-likeness (QED) is 0.670. The first-order valence-corrected chi connectivity index (χ1v) is 4.51. The van der Waals surface area contributed by atoms with Crippen molar-refractivity contribution in [2.75, 3.05) is 0 Å². The molecular weight excluding hydrogens is 175 g/mol. The van der Waals surface area contributed by atoms with Gasteiger partial charge in [0.25, 0.3) is 0 Å². The molecule has 0 nitrogen and oxygen atoms in total. The summed E-state index contributed by atoms with van der Waals surface area (Å²) in [5.41, 5.74) is 1.25. The third kappa shape index (κ3) is 1.82. The average molecular weight is 185 g/mol. The molecule has 0 saturated carbocycles.